The van der Waals surface area contributed by atoms with E-state index in [0.29, 0.717) is 12.6 Å². The number of benzene rings is 1. The van der Waals surface area contributed by atoms with Gasteiger partial charge in [0.1, 0.15) is 6.04 Å². The Balaban J connectivity index is 1.93. The summed E-state index contributed by atoms with van der Waals surface area (Å²) in [7, 11) is 3.61. The summed E-state index contributed by atoms with van der Waals surface area (Å²) in [6.07, 6.45) is 3.40. The maximum Gasteiger partial charge on any atom is 0.275 e. The van der Waals surface area contributed by atoms with E-state index in [1.807, 2.05) is 7.05 Å². The quantitative estimate of drug-likeness (QED) is 0.681. The van der Waals surface area contributed by atoms with Crippen LogP contribution in [0.4, 0.5) is 0 Å². The fourth-order valence-electron chi connectivity index (χ4n) is 2.97. The number of nitrogens with one attached hydrogen (secondary N) is 3. The molecule has 0 aromatic heterocycles. The highest BCUT2D eigenvalue weighted by Gasteiger charge is 2.27. The summed E-state index contributed by atoms with van der Waals surface area (Å²) in [5.74, 6) is -0.261. The molecule has 3 N–H and O–H groups in total. The summed E-state index contributed by atoms with van der Waals surface area (Å²) in [6, 6.07) is 8.86. The highest BCUT2D eigenvalue weighted by Crippen LogP contribution is 2.27. The summed E-state index contributed by atoms with van der Waals surface area (Å²) < 4.78 is 0. The number of amides is 2. The standard InChI is InChI=1S/C16H23N3O2/c1-17-15(20)10-18-16(21)11-19(2)14-9-5-7-12-6-3-4-8-13(12)14/h3-4,6,8,14H,5,7,9-11H2,1-2H3,(H,17,20)(H,18,21)/p+1/t14-/m0/s1. The van der Waals surface area contributed by atoms with Gasteiger partial charge in [-0.3, -0.25) is 9.59 Å². The van der Waals surface area contributed by atoms with Crippen LogP contribution in [0.5, 0.6) is 0 Å². The summed E-state index contributed by atoms with van der Waals surface area (Å²) >= 11 is 0. The van der Waals surface area contributed by atoms with Crippen LogP contribution in [-0.4, -0.2) is 39.0 Å². The molecule has 2 atom stereocenters. The number of carbonyl (C=O) groups is 2. The first-order chi connectivity index (χ1) is 10.1. The number of fused-ring (bicyclic) bond motifs is 1. The highest BCUT2D eigenvalue weighted by molar-refractivity contribution is 5.84. The lowest BCUT2D eigenvalue weighted by Crippen LogP contribution is -3.10. The molecule has 1 aliphatic carbocycles. The van der Waals surface area contributed by atoms with E-state index < -0.39 is 0 Å². The molecule has 5 nitrogen and oxygen atoms in total. The van der Waals surface area contributed by atoms with E-state index in [-0.39, 0.29) is 18.4 Å². The van der Waals surface area contributed by atoms with Crippen molar-refractivity contribution in [2.75, 3.05) is 27.2 Å². The topological polar surface area (TPSA) is 62.6 Å². The Morgan fingerprint density at radius 3 is 2.81 bits per heavy atom. The Hall–Kier alpha value is -1.88. The van der Waals surface area contributed by atoms with Gasteiger partial charge in [0.15, 0.2) is 6.54 Å². The Bertz CT molecular complexity index is 516. The van der Waals surface area contributed by atoms with Crippen LogP contribution in [0.15, 0.2) is 24.3 Å². The number of quaternary nitrogens is 1. The zero-order valence-electron chi connectivity index (χ0n) is 12.7. The van der Waals surface area contributed by atoms with Crippen molar-refractivity contribution in [2.24, 2.45) is 0 Å². The largest absolute Gasteiger partial charge is 0.358 e. The molecule has 1 aliphatic rings. The smallest absolute Gasteiger partial charge is 0.275 e. The third kappa shape index (κ3) is 4.04. The normalized spacial score (nSPS) is 18.5. The predicted molar refractivity (Wildman–Crippen MR) is 81.0 cm³/mol. The minimum absolute atomic E-state index is 0.0455. The van der Waals surface area contributed by atoms with Crippen LogP contribution >= 0.6 is 0 Å². The molecule has 0 saturated heterocycles. The predicted octanol–water partition coefficient (Wildman–Crippen LogP) is -0.559. The van der Waals surface area contributed by atoms with Gasteiger partial charge in [-0.05, 0) is 18.4 Å². The maximum absolute atomic E-state index is 11.9. The molecule has 1 aromatic carbocycles. The van der Waals surface area contributed by atoms with Crippen molar-refractivity contribution in [3.63, 3.8) is 0 Å². The van der Waals surface area contributed by atoms with E-state index in [1.165, 1.54) is 22.4 Å². The number of hydrogen-bond acceptors (Lipinski definition) is 2. The van der Waals surface area contributed by atoms with Gasteiger partial charge in [-0.2, -0.15) is 0 Å². The van der Waals surface area contributed by atoms with E-state index in [9.17, 15) is 9.59 Å². The molecule has 5 heteroatoms. The third-order valence-corrected chi connectivity index (χ3v) is 4.13. The third-order valence-electron chi connectivity index (χ3n) is 4.13. The van der Waals surface area contributed by atoms with E-state index in [1.54, 1.807) is 7.05 Å². The zero-order valence-corrected chi connectivity index (χ0v) is 12.7. The van der Waals surface area contributed by atoms with E-state index >= 15 is 0 Å². The van der Waals surface area contributed by atoms with Crippen molar-refractivity contribution in [3.05, 3.63) is 35.4 Å². The van der Waals surface area contributed by atoms with Crippen molar-refractivity contribution in [2.45, 2.75) is 25.3 Å². The number of hydrogen-bond donors (Lipinski definition) is 3. The Morgan fingerprint density at radius 2 is 2.05 bits per heavy atom. The molecule has 1 aromatic rings. The number of carbonyl (C=O) groups excluding carboxylic acids is 2. The fourth-order valence-corrected chi connectivity index (χ4v) is 2.97. The molecule has 114 valence electrons. The molecule has 0 radical (unpaired) electrons. The zero-order chi connectivity index (χ0) is 15.2. The first-order valence-electron chi connectivity index (χ1n) is 7.49. The molecule has 1 unspecified atom stereocenters. The Kier molecular flexibility index (Phi) is 5.33. The van der Waals surface area contributed by atoms with E-state index in [2.05, 4.69) is 34.9 Å². The van der Waals surface area contributed by atoms with Gasteiger partial charge in [0.25, 0.3) is 5.91 Å². The minimum atomic E-state index is -0.177. The molecule has 21 heavy (non-hydrogen) atoms. The van der Waals surface area contributed by atoms with Crippen LogP contribution in [0.3, 0.4) is 0 Å². The molecule has 0 aliphatic heterocycles. The molecule has 0 heterocycles. The highest BCUT2D eigenvalue weighted by atomic mass is 16.2. The van der Waals surface area contributed by atoms with Crippen molar-refractivity contribution < 1.29 is 14.5 Å². The molecule has 0 saturated carbocycles. The summed E-state index contributed by atoms with van der Waals surface area (Å²) in [5, 5.41) is 5.15. The summed E-state index contributed by atoms with van der Waals surface area (Å²) in [5.41, 5.74) is 2.76. The Morgan fingerprint density at radius 1 is 1.29 bits per heavy atom. The first-order valence-corrected chi connectivity index (χ1v) is 7.49. The van der Waals surface area contributed by atoms with Gasteiger partial charge >= 0.3 is 0 Å². The van der Waals surface area contributed by atoms with Gasteiger partial charge in [0.05, 0.1) is 13.6 Å². The lowest BCUT2D eigenvalue weighted by atomic mass is 9.87. The second kappa shape index (κ2) is 7.22. The maximum atomic E-state index is 11.9. The Labute approximate surface area is 125 Å². The van der Waals surface area contributed by atoms with Gasteiger partial charge in [-0.15, -0.1) is 0 Å². The lowest BCUT2D eigenvalue weighted by Gasteiger charge is -2.30. The van der Waals surface area contributed by atoms with Gasteiger partial charge in [0.2, 0.25) is 5.91 Å². The monoisotopic (exact) mass is 290 g/mol. The van der Waals surface area contributed by atoms with E-state index in [0.717, 1.165) is 12.8 Å². The van der Waals surface area contributed by atoms with Gasteiger partial charge < -0.3 is 15.5 Å². The van der Waals surface area contributed by atoms with Crippen LogP contribution in [0.2, 0.25) is 0 Å². The van der Waals surface area contributed by atoms with Crippen molar-refractivity contribution in [3.8, 4) is 0 Å². The van der Waals surface area contributed by atoms with Crippen molar-refractivity contribution >= 4 is 11.8 Å². The van der Waals surface area contributed by atoms with Crippen LogP contribution in [0.1, 0.15) is 30.0 Å². The number of likely N-dealkylation sites (N-methyl/N-ethyl adjacent to an activating group) is 2. The summed E-state index contributed by atoms with van der Waals surface area (Å²) in [6.45, 7) is 0.430. The molecule has 0 spiro atoms. The molecular weight excluding hydrogens is 266 g/mol. The summed E-state index contributed by atoms with van der Waals surface area (Å²) in [4.78, 5) is 24.2. The lowest BCUT2D eigenvalue weighted by molar-refractivity contribution is -0.905. The second-order valence-corrected chi connectivity index (χ2v) is 5.62. The molecule has 0 fully saturated rings. The van der Waals surface area contributed by atoms with Crippen molar-refractivity contribution in [1.29, 1.82) is 0 Å². The molecule has 0 bridgehead atoms. The number of rotatable bonds is 5. The minimum Gasteiger partial charge on any atom is -0.358 e. The molecule has 2 amide bonds. The van der Waals surface area contributed by atoms with Crippen LogP contribution < -0.4 is 15.5 Å². The second-order valence-electron chi connectivity index (χ2n) is 5.62. The van der Waals surface area contributed by atoms with Crippen molar-refractivity contribution in [1.82, 2.24) is 10.6 Å². The van der Waals surface area contributed by atoms with Gasteiger partial charge in [0, 0.05) is 19.0 Å². The first kappa shape index (κ1) is 15.5. The average molecular weight is 290 g/mol. The van der Waals surface area contributed by atoms with Gasteiger partial charge in [-0.25, -0.2) is 0 Å². The fraction of sp³-hybridized carbons (Fsp3) is 0.500. The molecular formula is C16H24N3O2+. The van der Waals surface area contributed by atoms with E-state index in [4.69, 9.17) is 0 Å². The SMILES string of the molecule is CNC(=O)CNC(=O)C[NH+](C)[C@H]1CCCc2ccccc21. The average Bonchev–Trinajstić information content (AvgIpc) is 2.51. The number of aryl methyl sites for hydroxylation is 1. The molecule has 2 rings (SSSR count). The van der Waals surface area contributed by atoms with Gasteiger partial charge in [-0.1, -0.05) is 24.3 Å². The van der Waals surface area contributed by atoms with Crippen LogP contribution in [0.25, 0.3) is 0 Å². The van der Waals surface area contributed by atoms with Crippen LogP contribution in [0, 0.1) is 0 Å². The van der Waals surface area contributed by atoms with Crippen LogP contribution in [-0.2, 0) is 16.0 Å².